The number of likely N-dealkylation sites (tertiary alicyclic amines) is 2. The van der Waals surface area contributed by atoms with Gasteiger partial charge in [0.05, 0.1) is 74.8 Å². The summed E-state index contributed by atoms with van der Waals surface area (Å²) in [4.78, 5) is 155. The average Bonchev–Trinajstić information content (AvgIpc) is 1.56. The molecule has 8 amide bonds. The van der Waals surface area contributed by atoms with Crippen LogP contribution in [0.4, 0.5) is 20.7 Å². The zero-order valence-electron chi connectivity index (χ0n) is 67.7. The third-order valence-electron chi connectivity index (χ3n) is 21.6. The van der Waals surface area contributed by atoms with Crippen LogP contribution in [0, 0.1) is 28.6 Å². The Labute approximate surface area is 677 Å². The molecule has 4 aliphatic carbocycles. The van der Waals surface area contributed by atoms with E-state index in [9.17, 15) is 57.3 Å². The predicted molar refractivity (Wildman–Crippen MR) is 434 cm³/mol. The second-order valence-electron chi connectivity index (χ2n) is 32.6. The molecule has 9 N–H and O–H groups in total. The summed E-state index contributed by atoms with van der Waals surface area (Å²) in [6, 6.07) is 9.43. The third-order valence-corrected chi connectivity index (χ3v) is 26.9. The number of carbonyl (C=O) groups is 8. The smallest absolute Gasteiger partial charge is 0.408 e. The van der Waals surface area contributed by atoms with Gasteiger partial charge in [0.25, 0.3) is 0 Å². The molecule has 2 saturated heterocycles. The number of rotatable bonds is 29. The van der Waals surface area contributed by atoms with Gasteiger partial charge in [0, 0.05) is 77.9 Å². The van der Waals surface area contributed by atoms with E-state index in [4.69, 9.17) is 47.4 Å². The van der Waals surface area contributed by atoms with Gasteiger partial charge in [-0.3, -0.25) is 43.2 Å². The molecule has 6 heterocycles. The molecule has 36 heteroatoms. The summed E-state index contributed by atoms with van der Waals surface area (Å²) in [5, 5.41) is 16.8. The van der Waals surface area contributed by atoms with Crippen LogP contribution in [0.15, 0.2) is 85.4 Å². The number of anilines is 2. The van der Waals surface area contributed by atoms with Crippen LogP contribution < -0.4 is 50.8 Å². The van der Waals surface area contributed by atoms with E-state index in [2.05, 4.69) is 60.0 Å². The van der Waals surface area contributed by atoms with Gasteiger partial charge in [0.2, 0.25) is 41.4 Å². The number of ether oxygens (including phenoxy) is 6. The monoisotopic (exact) mass is 1660 g/mol. The lowest BCUT2D eigenvalue weighted by atomic mass is 9.85. The number of nitrogens with one attached hydrogen (secondary N) is 7. The number of carbonyl (C=O) groups excluding carboxylic acids is 8. The second-order valence-corrected chi connectivity index (χ2v) is 37.6. The molecular weight excluding hydrogens is 1560 g/mol. The molecule has 0 spiro atoms. The van der Waals surface area contributed by atoms with Crippen LogP contribution in [-0.4, -0.2) is 192 Å². The standard InChI is InChI=1S/C41H55N6O10PS.C39H52N7O10P/c1-9-24-20-41(24,58(52,53)55-10-2)46-36(49)32-18-27(21-47(32)37(50)34(40(5,6)7)44-39(51)57-25-13-11-12-14-25)56-33-19-30(42-29-17-26(54-8)15-16-28(29)33)31-22-59-38(43-31)45-35(48)23(3)4;1-8-23-19-39(23,57(51,52)54-9-2)45-34(48)31-17-26(21-46(31)35(49)33(38(4,5)6)44-37(50)56-24-12-10-11-13-24)55-32-18-29(30-20-40-36(43-30)41-22(3)47)42-28-16-25(53-7)14-15-27(28)32/h9,15-17,19,22-25,27,32,34H,1,10-14,18,20-21H2,2-8H3,(H,44,51)(H,46,49)(H,52,53)(H,43,45,48);8,14-16,18,20,23-24,26,31,33H,1,9-13,17,19,21H2,2-7H3,(H,44,50)(H,45,48)(H,51,52)(H2,40,41,43,47)/t24-,27-,32+,34-,41+;23-,26-,31+,33-,39+/m11/s1. The lowest BCUT2D eigenvalue weighted by Crippen LogP contribution is -2.58. The zero-order chi connectivity index (χ0) is 84.1. The zero-order valence-corrected chi connectivity index (χ0v) is 70.3. The van der Waals surface area contributed by atoms with Gasteiger partial charge in [-0.2, -0.15) is 0 Å². The van der Waals surface area contributed by atoms with Gasteiger partial charge in [0.15, 0.2) is 5.13 Å². The first kappa shape index (κ1) is 87.3. The minimum atomic E-state index is -4.38. The van der Waals surface area contributed by atoms with E-state index in [1.165, 1.54) is 53.5 Å². The first-order valence-corrected chi connectivity index (χ1v) is 43.2. The molecule has 12 atom stereocenters. The summed E-state index contributed by atoms with van der Waals surface area (Å²) in [6.07, 6.45) is 8.09. The minimum absolute atomic E-state index is 0.00244. The Bertz CT molecular complexity index is 4800. The lowest BCUT2D eigenvalue weighted by Gasteiger charge is -2.35. The van der Waals surface area contributed by atoms with Crippen LogP contribution in [0.3, 0.4) is 0 Å². The SMILES string of the molecule is C=C[C@@H]1C[C@]1(NC(=O)[C@@H]1C[C@@H](Oc2cc(-c3cnc(NC(C)=O)[nH]3)nc3cc(OC)ccc23)CN1C(=O)[C@@H](NC(=O)OC1CCCC1)C(C)(C)C)P(=O)(O)OCC.C=C[C@@H]1C[C@]1(NC(=O)[C@@H]1C[C@@H](Oc2cc(-c3csc(NC(=O)C(C)C)n3)nc3cc(OC)ccc23)CN1C(=O)[C@@H](NC(=O)OC1CCCC1)C(C)(C)C)P(=O)(O)OCC. The Morgan fingerprint density at radius 1 is 0.638 bits per heavy atom. The van der Waals surface area contributed by atoms with E-state index in [1.54, 1.807) is 130 Å². The normalized spacial score (nSPS) is 23.5. The third kappa shape index (κ3) is 19.7. The number of imidazole rings is 1. The number of benzene rings is 2. The maximum atomic E-state index is 14.7. The topological polar surface area (TPSA) is 431 Å². The van der Waals surface area contributed by atoms with Gasteiger partial charge < -0.3 is 88.6 Å². The maximum absolute atomic E-state index is 14.7. The summed E-state index contributed by atoms with van der Waals surface area (Å²) < 4.78 is 73.2. The molecule has 2 aliphatic heterocycles. The summed E-state index contributed by atoms with van der Waals surface area (Å²) in [5.74, 6) is -2.16. The predicted octanol–water partition coefficient (Wildman–Crippen LogP) is 11.9. The van der Waals surface area contributed by atoms with E-state index < -0.39 is 121 Å². The molecule has 0 radical (unpaired) electrons. The van der Waals surface area contributed by atoms with Crippen molar-refractivity contribution in [2.24, 2.45) is 28.6 Å². The number of aromatic nitrogens is 5. The van der Waals surface area contributed by atoms with Crippen molar-refractivity contribution < 1.29 is 94.7 Å². The highest BCUT2D eigenvalue weighted by Gasteiger charge is 2.69. The second kappa shape index (κ2) is 35.7. The summed E-state index contributed by atoms with van der Waals surface area (Å²) in [5.41, 5.74) is 1.24. The highest BCUT2D eigenvalue weighted by atomic mass is 32.1. The Morgan fingerprint density at radius 3 is 1.47 bits per heavy atom. The number of fused-ring (bicyclic) bond motifs is 2. The van der Waals surface area contributed by atoms with Crippen LogP contribution in [-0.2, 0) is 56.4 Å². The number of pyridine rings is 2. The van der Waals surface area contributed by atoms with Gasteiger partial charge in [-0.05, 0) is 113 Å². The van der Waals surface area contributed by atoms with E-state index >= 15 is 0 Å². The van der Waals surface area contributed by atoms with Crippen molar-refractivity contribution in [3.05, 3.63) is 85.4 Å². The number of aromatic amines is 1. The molecule has 2 aromatic carbocycles. The van der Waals surface area contributed by atoms with Crippen LogP contribution in [0.2, 0.25) is 0 Å². The van der Waals surface area contributed by atoms with Gasteiger partial charge in [-0.25, -0.2) is 29.5 Å². The van der Waals surface area contributed by atoms with Crippen LogP contribution in [0.5, 0.6) is 23.0 Å². The molecule has 0 bridgehead atoms. The van der Waals surface area contributed by atoms with Crippen molar-refractivity contribution in [3.63, 3.8) is 0 Å². The minimum Gasteiger partial charge on any atom is -0.497 e. The molecule has 4 saturated carbocycles. The molecule has 12 rings (SSSR count). The lowest BCUT2D eigenvalue weighted by molar-refractivity contribution is -0.142. The molecule has 6 aromatic rings. The highest BCUT2D eigenvalue weighted by Crippen LogP contribution is 2.71. The Morgan fingerprint density at radius 2 is 1.08 bits per heavy atom. The molecule has 628 valence electrons. The summed E-state index contributed by atoms with van der Waals surface area (Å²) in [7, 11) is -5.68. The number of hydrogen-bond acceptors (Lipinski definition) is 23. The van der Waals surface area contributed by atoms with Crippen LogP contribution in [0.1, 0.15) is 153 Å². The van der Waals surface area contributed by atoms with Crippen molar-refractivity contribution in [2.75, 3.05) is 51.2 Å². The Kier molecular flexibility index (Phi) is 26.9. The van der Waals surface area contributed by atoms with Crippen molar-refractivity contribution >= 4 is 107 Å². The molecule has 6 aliphatic rings. The van der Waals surface area contributed by atoms with E-state index in [0.717, 1.165) is 51.4 Å². The fourth-order valence-electron chi connectivity index (χ4n) is 15.2. The average molecular weight is 1660 g/mol. The number of alkyl carbamates (subject to hydrolysis) is 2. The number of hydrogen-bond donors (Lipinski definition) is 9. The molecule has 2 unspecified atom stereocenters. The molecule has 33 nitrogen and oxygen atoms in total. The molecule has 6 fully saturated rings. The molecule has 116 heavy (non-hydrogen) atoms. The van der Waals surface area contributed by atoms with E-state index in [1.807, 2.05) is 0 Å². The van der Waals surface area contributed by atoms with Crippen LogP contribution >= 0.6 is 26.5 Å². The summed E-state index contributed by atoms with van der Waals surface area (Å²) in [6.45, 7) is 26.2. The molecular formula is C80H107N13O20P2S. The number of nitrogens with zero attached hydrogens (tertiary/aromatic N) is 6. The number of amides is 8. The number of H-pyrrole nitrogens is 1. The Hall–Kier alpha value is -9.56. The van der Waals surface area contributed by atoms with Crippen molar-refractivity contribution in [2.45, 2.75) is 212 Å². The van der Waals surface area contributed by atoms with Crippen molar-refractivity contribution in [1.29, 1.82) is 0 Å². The Balaban J connectivity index is 0.000000228. The maximum Gasteiger partial charge on any atom is 0.408 e. The van der Waals surface area contributed by atoms with Crippen LogP contribution in [0.25, 0.3) is 44.6 Å². The van der Waals surface area contributed by atoms with E-state index in [0.29, 0.717) is 72.7 Å². The largest absolute Gasteiger partial charge is 0.497 e. The fourth-order valence-corrected chi connectivity index (χ4v) is 19.4. The van der Waals surface area contributed by atoms with Crippen molar-refractivity contribution in [3.8, 4) is 45.8 Å². The molecule has 4 aromatic heterocycles. The van der Waals surface area contributed by atoms with Gasteiger partial charge in [0.1, 0.15) is 87.8 Å². The van der Waals surface area contributed by atoms with Crippen molar-refractivity contribution in [1.82, 2.24) is 56.0 Å². The quantitative estimate of drug-likeness (QED) is 0.0156. The fraction of sp³-hybridized carbons (Fsp3) is 0.550. The van der Waals surface area contributed by atoms with Gasteiger partial charge >= 0.3 is 27.4 Å². The number of thiazole rings is 1. The van der Waals surface area contributed by atoms with Gasteiger partial charge in [-0.1, -0.05) is 67.5 Å². The van der Waals surface area contributed by atoms with E-state index in [-0.39, 0.29) is 87.9 Å². The summed E-state index contributed by atoms with van der Waals surface area (Å²) >= 11 is 1.25. The van der Waals surface area contributed by atoms with Gasteiger partial charge in [-0.15, -0.1) is 24.5 Å². The highest BCUT2D eigenvalue weighted by molar-refractivity contribution is 7.55. The first-order chi connectivity index (χ1) is 54.9. The number of methoxy groups -OCH3 is 2. The first-order valence-electron chi connectivity index (χ1n) is 39.2.